The minimum Gasteiger partial charge on any atom is -0.456 e. The zero-order chi connectivity index (χ0) is 37.0. The number of hydrogen-bond acceptors (Lipinski definition) is 5. The van der Waals surface area contributed by atoms with E-state index in [2.05, 4.69) is 115 Å². The van der Waals surface area contributed by atoms with Crippen LogP contribution in [0.25, 0.3) is 111 Å². The highest BCUT2D eigenvalue weighted by molar-refractivity contribution is 6.13. The van der Waals surface area contributed by atoms with Crippen molar-refractivity contribution in [2.75, 3.05) is 0 Å². The number of aromatic nitrogens is 3. The Kier molecular flexibility index (Phi) is 7.42. The average Bonchev–Trinajstić information content (AvgIpc) is 3.85. The molecule has 5 heteroatoms. The highest BCUT2D eigenvalue weighted by atomic mass is 16.3. The summed E-state index contributed by atoms with van der Waals surface area (Å²) in [6, 6.07) is 64.4. The summed E-state index contributed by atoms with van der Waals surface area (Å²) in [5.74, 6) is 1.77. The van der Waals surface area contributed by atoms with Gasteiger partial charge in [-0.05, 0) is 64.2 Å². The Balaban J connectivity index is 1.20. The summed E-state index contributed by atoms with van der Waals surface area (Å²) in [5, 5.41) is 4.28. The second-order valence-electron chi connectivity index (χ2n) is 13.9. The molecule has 5 nitrogen and oxygen atoms in total. The fourth-order valence-corrected chi connectivity index (χ4v) is 7.95. The van der Waals surface area contributed by atoms with Crippen LogP contribution in [0.2, 0.25) is 0 Å². The summed E-state index contributed by atoms with van der Waals surface area (Å²) in [6.45, 7) is 0. The highest BCUT2D eigenvalue weighted by Gasteiger charge is 2.20. The molecule has 3 aromatic heterocycles. The van der Waals surface area contributed by atoms with E-state index < -0.39 is 0 Å². The van der Waals surface area contributed by atoms with Crippen molar-refractivity contribution in [1.29, 1.82) is 0 Å². The number of fused-ring (bicyclic) bond motifs is 6. The van der Waals surface area contributed by atoms with E-state index >= 15 is 0 Å². The number of furan rings is 2. The van der Waals surface area contributed by atoms with Gasteiger partial charge in [0, 0.05) is 43.8 Å². The molecule has 0 aliphatic carbocycles. The maximum Gasteiger partial charge on any atom is 0.164 e. The van der Waals surface area contributed by atoms with E-state index in [1.807, 2.05) is 72.8 Å². The Labute approximate surface area is 322 Å². The number of para-hydroxylation sites is 3. The maximum atomic E-state index is 6.60. The maximum absolute atomic E-state index is 6.60. The third-order valence-electron chi connectivity index (χ3n) is 10.5. The summed E-state index contributed by atoms with van der Waals surface area (Å²) in [4.78, 5) is 15.6. The van der Waals surface area contributed by atoms with Gasteiger partial charge in [0.15, 0.2) is 17.5 Å². The predicted octanol–water partition coefficient (Wildman–Crippen LogP) is 13.7. The molecule has 3 heterocycles. The third kappa shape index (κ3) is 5.37. The van der Waals surface area contributed by atoms with Crippen LogP contribution < -0.4 is 0 Å². The number of nitrogens with zero attached hydrogens (tertiary/aromatic N) is 3. The normalized spacial score (nSPS) is 11.6. The Morgan fingerprint density at radius 1 is 0.286 bits per heavy atom. The minimum atomic E-state index is 0.570. The quantitative estimate of drug-likeness (QED) is 0.171. The van der Waals surface area contributed by atoms with Crippen molar-refractivity contribution in [3.63, 3.8) is 0 Å². The SMILES string of the molecule is c1ccc(-c2nc(-c3cc(-c4cccc5c4oc4ccccc45)cc(-c4cccc5oc6ccccc6c45)c3)nc(-c3ccccc3-c3ccccc3)n2)cc1. The zero-order valence-electron chi connectivity index (χ0n) is 30.1. The van der Waals surface area contributed by atoms with Crippen LogP contribution in [-0.2, 0) is 0 Å². The molecule has 0 saturated heterocycles. The molecule has 0 atom stereocenters. The molecule has 0 radical (unpaired) electrons. The first-order chi connectivity index (χ1) is 27.7. The largest absolute Gasteiger partial charge is 0.456 e. The smallest absolute Gasteiger partial charge is 0.164 e. The lowest BCUT2D eigenvalue weighted by atomic mass is 9.92. The van der Waals surface area contributed by atoms with Crippen molar-refractivity contribution in [2.24, 2.45) is 0 Å². The molecule has 0 fully saturated rings. The fraction of sp³-hybridized carbons (Fsp3) is 0. The van der Waals surface area contributed by atoms with E-state index in [0.29, 0.717) is 17.5 Å². The lowest BCUT2D eigenvalue weighted by Crippen LogP contribution is -2.01. The molecule has 0 N–H and O–H groups in total. The van der Waals surface area contributed by atoms with Crippen LogP contribution in [0, 0.1) is 0 Å². The summed E-state index contributed by atoms with van der Waals surface area (Å²) in [5.41, 5.74) is 12.2. The molecular formula is C51H31N3O2. The van der Waals surface area contributed by atoms with Gasteiger partial charge in [-0.1, -0.05) is 152 Å². The van der Waals surface area contributed by atoms with Crippen LogP contribution in [0.1, 0.15) is 0 Å². The van der Waals surface area contributed by atoms with Crippen molar-refractivity contribution in [1.82, 2.24) is 15.0 Å². The van der Waals surface area contributed by atoms with Crippen LogP contribution in [0.5, 0.6) is 0 Å². The summed E-state index contributed by atoms with van der Waals surface area (Å²) < 4.78 is 13.0. The first-order valence-electron chi connectivity index (χ1n) is 18.7. The van der Waals surface area contributed by atoms with Crippen LogP contribution in [-0.4, -0.2) is 15.0 Å². The molecule has 0 aliphatic heterocycles. The van der Waals surface area contributed by atoms with Crippen molar-refractivity contribution in [2.45, 2.75) is 0 Å². The minimum absolute atomic E-state index is 0.570. The molecular weight excluding hydrogens is 687 g/mol. The topological polar surface area (TPSA) is 65.0 Å². The molecule has 56 heavy (non-hydrogen) atoms. The van der Waals surface area contributed by atoms with Gasteiger partial charge in [-0.15, -0.1) is 0 Å². The summed E-state index contributed by atoms with van der Waals surface area (Å²) in [7, 11) is 0. The van der Waals surface area contributed by atoms with Gasteiger partial charge >= 0.3 is 0 Å². The van der Waals surface area contributed by atoms with E-state index in [4.69, 9.17) is 23.8 Å². The van der Waals surface area contributed by atoms with Gasteiger partial charge in [0.25, 0.3) is 0 Å². The van der Waals surface area contributed by atoms with E-state index in [1.165, 1.54) is 0 Å². The molecule has 11 aromatic rings. The van der Waals surface area contributed by atoms with E-state index in [9.17, 15) is 0 Å². The van der Waals surface area contributed by atoms with E-state index in [1.54, 1.807) is 0 Å². The standard InChI is InChI=1S/C51H31N3O2/c1-3-15-32(16-4-1)37-19-7-8-21-42(37)51-53-49(33-17-5-2-6-18-33)52-50(54-51)36-30-34(38-23-14-28-46-47(38)43-22-10-12-27-45(43)55-46)29-35(31-36)39-24-13-25-41-40-20-9-11-26-44(40)56-48(39)41/h1-31H. The van der Waals surface area contributed by atoms with Crippen LogP contribution in [0.4, 0.5) is 0 Å². The third-order valence-corrected chi connectivity index (χ3v) is 10.5. The van der Waals surface area contributed by atoms with Gasteiger partial charge in [-0.25, -0.2) is 15.0 Å². The lowest BCUT2D eigenvalue weighted by Gasteiger charge is -2.14. The average molecular weight is 718 g/mol. The van der Waals surface area contributed by atoms with Gasteiger partial charge in [0.05, 0.1) is 0 Å². The predicted molar refractivity (Wildman–Crippen MR) is 227 cm³/mol. The van der Waals surface area contributed by atoms with Gasteiger partial charge in [-0.2, -0.15) is 0 Å². The summed E-state index contributed by atoms with van der Waals surface area (Å²) >= 11 is 0. The van der Waals surface area contributed by atoms with Gasteiger partial charge in [-0.3, -0.25) is 0 Å². The monoisotopic (exact) mass is 717 g/mol. The van der Waals surface area contributed by atoms with Crippen LogP contribution in [0.3, 0.4) is 0 Å². The second-order valence-corrected chi connectivity index (χ2v) is 13.9. The molecule has 11 rings (SSSR count). The molecule has 262 valence electrons. The first kappa shape index (κ1) is 31.9. The Morgan fingerprint density at radius 3 is 1.57 bits per heavy atom. The van der Waals surface area contributed by atoms with E-state index in [0.717, 1.165) is 93.9 Å². The number of rotatable bonds is 6. The Bertz CT molecular complexity index is 3250. The molecule has 0 saturated carbocycles. The Hall–Kier alpha value is -7.63. The van der Waals surface area contributed by atoms with Crippen LogP contribution in [0.15, 0.2) is 197 Å². The van der Waals surface area contributed by atoms with Crippen molar-refractivity contribution < 1.29 is 8.83 Å². The molecule has 0 unspecified atom stereocenters. The summed E-state index contributed by atoms with van der Waals surface area (Å²) in [6.07, 6.45) is 0. The van der Waals surface area contributed by atoms with Crippen LogP contribution >= 0.6 is 0 Å². The van der Waals surface area contributed by atoms with Gasteiger partial charge < -0.3 is 8.83 Å². The molecule has 0 bridgehead atoms. The molecule has 0 aliphatic rings. The number of hydrogen-bond donors (Lipinski definition) is 0. The van der Waals surface area contributed by atoms with Crippen molar-refractivity contribution in [3.8, 4) is 67.5 Å². The molecule has 0 amide bonds. The van der Waals surface area contributed by atoms with Gasteiger partial charge in [0.2, 0.25) is 0 Å². The number of benzene rings is 8. The van der Waals surface area contributed by atoms with Crippen molar-refractivity contribution >= 4 is 43.9 Å². The van der Waals surface area contributed by atoms with Gasteiger partial charge in [0.1, 0.15) is 22.3 Å². The Morgan fingerprint density at radius 2 is 0.786 bits per heavy atom. The van der Waals surface area contributed by atoms with E-state index in [-0.39, 0.29) is 0 Å². The molecule has 0 spiro atoms. The zero-order valence-corrected chi connectivity index (χ0v) is 30.1. The molecule has 8 aromatic carbocycles. The highest BCUT2D eigenvalue weighted by Crippen LogP contribution is 2.42. The lowest BCUT2D eigenvalue weighted by molar-refractivity contribution is 0.669. The van der Waals surface area contributed by atoms with Crippen molar-refractivity contribution in [3.05, 3.63) is 188 Å². The first-order valence-corrected chi connectivity index (χ1v) is 18.7. The fourth-order valence-electron chi connectivity index (χ4n) is 7.95. The second kappa shape index (κ2) is 13.0.